The molecule has 1 unspecified atom stereocenters. The van der Waals surface area contributed by atoms with Crippen LogP contribution in [0, 0.1) is 0 Å². The highest BCUT2D eigenvalue weighted by molar-refractivity contribution is 7.89. The van der Waals surface area contributed by atoms with Crippen molar-refractivity contribution in [2.45, 2.75) is 29.9 Å². The number of rotatable bonds is 4. The molecule has 0 aromatic heterocycles. The standard InChI is InChI=1S/C12H17NO4S2/c14-18(15)10-11-5-4-6-12(9-11)19(16,17)13-7-2-1-3-8-13/h4-6,9H,1-3,7-8,10H2,(H,14,15). The number of sulfonamides is 1. The van der Waals surface area contributed by atoms with E-state index in [1.807, 2.05) is 0 Å². The van der Waals surface area contributed by atoms with Crippen LogP contribution in [0.1, 0.15) is 24.8 Å². The predicted octanol–water partition coefficient (Wildman–Crippen LogP) is 1.58. The van der Waals surface area contributed by atoms with Crippen LogP contribution in [0.5, 0.6) is 0 Å². The van der Waals surface area contributed by atoms with E-state index in [1.165, 1.54) is 16.4 Å². The molecule has 0 radical (unpaired) electrons. The molecule has 1 saturated heterocycles. The van der Waals surface area contributed by atoms with Gasteiger partial charge in [-0.3, -0.25) is 0 Å². The van der Waals surface area contributed by atoms with E-state index in [1.54, 1.807) is 12.1 Å². The van der Waals surface area contributed by atoms with Crippen molar-refractivity contribution in [2.24, 2.45) is 0 Å². The van der Waals surface area contributed by atoms with Crippen molar-refractivity contribution in [3.8, 4) is 0 Å². The summed E-state index contributed by atoms with van der Waals surface area (Å²) in [6.45, 7) is 1.11. The first-order valence-electron chi connectivity index (χ1n) is 6.17. The fourth-order valence-corrected chi connectivity index (χ4v) is 4.25. The normalized spacial score (nSPS) is 19.2. The number of piperidine rings is 1. The molecule has 106 valence electrons. The number of hydrogen-bond donors (Lipinski definition) is 1. The van der Waals surface area contributed by atoms with Crippen molar-refractivity contribution in [1.82, 2.24) is 4.31 Å². The average molecular weight is 303 g/mol. The molecule has 1 fully saturated rings. The minimum absolute atomic E-state index is 0.0522. The molecule has 0 aliphatic carbocycles. The zero-order valence-corrected chi connectivity index (χ0v) is 12.1. The van der Waals surface area contributed by atoms with Gasteiger partial charge >= 0.3 is 0 Å². The van der Waals surface area contributed by atoms with Crippen LogP contribution >= 0.6 is 0 Å². The quantitative estimate of drug-likeness (QED) is 0.857. The van der Waals surface area contributed by atoms with Crippen LogP contribution in [0.2, 0.25) is 0 Å². The topological polar surface area (TPSA) is 74.7 Å². The molecular weight excluding hydrogens is 286 g/mol. The fourth-order valence-electron chi connectivity index (χ4n) is 2.19. The van der Waals surface area contributed by atoms with Gasteiger partial charge < -0.3 is 4.55 Å². The Bertz CT molecular complexity index is 565. The maximum Gasteiger partial charge on any atom is 0.243 e. The lowest BCUT2D eigenvalue weighted by atomic mass is 10.2. The van der Waals surface area contributed by atoms with Crippen LogP contribution in [0.25, 0.3) is 0 Å². The number of hydrogen-bond acceptors (Lipinski definition) is 3. The van der Waals surface area contributed by atoms with Crippen LogP contribution in [0.15, 0.2) is 29.2 Å². The van der Waals surface area contributed by atoms with Gasteiger partial charge in [0.2, 0.25) is 10.0 Å². The molecule has 1 N–H and O–H groups in total. The van der Waals surface area contributed by atoms with Gasteiger partial charge in [0.05, 0.1) is 10.6 Å². The van der Waals surface area contributed by atoms with Gasteiger partial charge in [0.15, 0.2) is 11.1 Å². The van der Waals surface area contributed by atoms with Crippen LogP contribution in [-0.4, -0.2) is 34.6 Å². The summed E-state index contributed by atoms with van der Waals surface area (Å²) in [6.07, 6.45) is 2.84. The third-order valence-corrected chi connectivity index (χ3v) is 5.62. The van der Waals surface area contributed by atoms with E-state index in [-0.39, 0.29) is 10.6 Å². The van der Waals surface area contributed by atoms with Crippen molar-refractivity contribution in [3.05, 3.63) is 29.8 Å². The van der Waals surface area contributed by atoms with Gasteiger partial charge in [-0.2, -0.15) is 4.31 Å². The van der Waals surface area contributed by atoms with Crippen molar-refractivity contribution >= 4 is 21.1 Å². The van der Waals surface area contributed by atoms with Gasteiger partial charge in [-0.15, -0.1) is 0 Å². The van der Waals surface area contributed by atoms with Crippen LogP contribution in [0.3, 0.4) is 0 Å². The molecule has 1 aromatic rings. The maximum atomic E-state index is 12.4. The Morgan fingerprint density at radius 3 is 2.53 bits per heavy atom. The van der Waals surface area contributed by atoms with Crippen molar-refractivity contribution in [2.75, 3.05) is 13.1 Å². The highest BCUT2D eigenvalue weighted by atomic mass is 32.2. The largest absolute Gasteiger partial charge is 0.306 e. The average Bonchev–Trinajstić information content (AvgIpc) is 2.39. The Hall–Kier alpha value is -0.760. The third kappa shape index (κ3) is 3.62. The molecular formula is C12H17NO4S2. The van der Waals surface area contributed by atoms with Crippen molar-refractivity contribution < 1.29 is 17.2 Å². The highest BCUT2D eigenvalue weighted by Crippen LogP contribution is 2.21. The van der Waals surface area contributed by atoms with Gasteiger partial charge in [0, 0.05) is 13.1 Å². The molecule has 1 aliphatic rings. The zero-order valence-electron chi connectivity index (χ0n) is 10.5. The van der Waals surface area contributed by atoms with E-state index in [0.29, 0.717) is 18.7 Å². The summed E-state index contributed by atoms with van der Waals surface area (Å²) in [6, 6.07) is 6.29. The van der Waals surface area contributed by atoms with E-state index in [9.17, 15) is 12.6 Å². The molecule has 19 heavy (non-hydrogen) atoms. The summed E-state index contributed by atoms with van der Waals surface area (Å²) in [5.41, 5.74) is 0.555. The second-order valence-corrected chi connectivity index (χ2v) is 7.45. The summed E-state index contributed by atoms with van der Waals surface area (Å²) in [4.78, 5) is 0.206. The molecule has 0 bridgehead atoms. The molecule has 5 nitrogen and oxygen atoms in total. The molecule has 2 rings (SSSR count). The zero-order chi connectivity index (χ0) is 13.9. The molecule has 1 aliphatic heterocycles. The predicted molar refractivity (Wildman–Crippen MR) is 73.5 cm³/mol. The molecule has 1 atom stereocenters. The Labute approximate surface area is 116 Å². The second kappa shape index (κ2) is 6.13. The second-order valence-electron chi connectivity index (χ2n) is 4.58. The van der Waals surface area contributed by atoms with Gasteiger partial charge in [-0.25, -0.2) is 12.6 Å². The minimum Gasteiger partial charge on any atom is -0.306 e. The lowest BCUT2D eigenvalue weighted by Crippen LogP contribution is -2.35. The van der Waals surface area contributed by atoms with E-state index in [0.717, 1.165) is 19.3 Å². The van der Waals surface area contributed by atoms with E-state index in [4.69, 9.17) is 4.55 Å². The van der Waals surface area contributed by atoms with Crippen LogP contribution in [-0.2, 0) is 26.9 Å². The molecule has 1 aromatic carbocycles. The molecule has 1 heterocycles. The Kier molecular flexibility index (Phi) is 4.72. The Morgan fingerprint density at radius 1 is 1.21 bits per heavy atom. The summed E-state index contributed by atoms with van der Waals surface area (Å²) in [5, 5.41) is 0. The summed E-state index contributed by atoms with van der Waals surface area (Å²) in [5.74, 6) is -0.0522. The summed E-state index contributed by atoms with van der Waals surface area (Å²) >= 11 is -1.96. The van der Waals surface area contributed by atoms with Gasteiger partial charge in [0.1, 0.15) is 0 Å². The SMILES string of the molecule is O=S(O)Cc1cccc(S(=O)(=O)N2CCCCC2)c1. The van der Waals surface area contributed by atoms with Gasteiger partial charge in [0.25, 0.3) is 0 Å². The lowest BCUT2D eigenvalue weighted by molar-refractivity contribution is 0.346. The van der Waals surface area contributed by atoms with E-state index < -0.39 is 21.1 Å². The first kappa shape index (κ1) is 14.6. The third-order valence-electron chi connectivity index (χ3n) is 3.14. The first-order valence-corrected chi connectivity index (χ1v) is 8.88. The summed E-state index contributed by atoms with van der Waals surface area (Å²) in [7, 11) is -3.47. The van der Waals surface area contributed by atoms with E-state index >= 15 is 0 Å². The molecule has 7 heteroatoms. The first-order chi connectivity index (χ1) is 9.00. The van der Waals surface area contributed by atoms with Crippen molar-refractivity contribution in [3.63, 3.8) is 0 Å². The van der Waals surface area contributed by atoms with Gasteiger partial charge in [-0.1, -0.05) is 18.6 Å². The number of nitrogens with zero attached hydrogens (tertiary/aromatic N) is 1. The summed E-state index contributed by atoms with van der Waals surface area (Å²) < 4.78 is 46.0. The van der Waals surface area contributed by atoms with Gasteiger partial charge in [-0.05, 0) is 30.5 Å². The molecule has 0 saturated carbocycles. The maximum absolute atomic E-state index is 12.4. The minimum atomic E-state index is -3.47. The smallest absolute Gasteiger partial charge is 0.243 e. The molecule has 0 spiro atoms. The number of benzene rings is 1. The highest BCUT2D eigenvalue weighted by Gasteiger charge is 2.25. The van der Waals surface area contributed by atoms with Crippen LogP contribution in [0.4, 0.5) is 0 Å². The lowest BCUT2D eigenvalue weighted by Gasteiger charge is -2.26. The monoisotopic (exact) mass is 303 g/mol. The van der Waals surface area contributed by atoms with Crippen molar-refractivity contribution in [1.29, 1.82) is 0 Å². The Morgan fingerprint density at radius 2 is 1.89 bits per heavy atom. The Balaban J connectivity index is 2.26. The fraction of sp³-hybridized carbons (Fsp3) is 0.500. The van der Waals surface area contributed by atoms with Crippen LogP contribution < -0.4 is 0 Å². The molecule has 0 amide bonds. The van der Waals surface area contributed by atoms with E-state index in [2.05, 4.69) is 0 Å².